The quantitative estimate of drug-likeness (QED) is 0.848. The summed E-state index contributed by atoms with van der Waals surface area (Å²) in [6.07, 6.45) is 2.21. The van der Waals surface area contributed by atoms with Crippen molar-refractivity contribution in [1.82, 2.24) is 9.78 Å². The van der Waals surface area contributed by atoms with Crippen LogP contribution in [0.3, 0.4) is 0 Å². The van der Waals surface area contributed by atoms with Gasteiger partial charge in [-0.05, 0) is 40.2 Å². The van der Waals surface area contributed by atoms with Gasteiger partial charge in [-0.25, -0.2) is 4.68 Å². The van der Waals surface area contributed by atoms with E-state index in [4.69, 9.17) is 5.11 Å². The lowest BCUT2D eigenvalue weighted by Gasteiger charge is -2.02. The summed E-state index contributed by atoms with van der Waals surface area (Å²) in [4.78, 5) is 10.6. The number of aromatic nitrogens is 2. The van der Waals surface area contributed by atoms with Gasteiger partial charge in [-0.2, -0.15) is 5.10 Å². The third-order valence-corrected chi connectivity index (χ3v) is 2.75. The molecule has 0 fully saturated rings. The van der Waals surface area contributed by atoms with Crippen molar-refractivity contribution >= 4 is 22.2 Å². The van der Waals surface area contributed by atoms with Crippen LogP contribution in [0.4, 0.5) is 0 Å². The Bertz CT molecular complexity index is 491. The summed E-state index contributed by atoms with van der Waals surface area (Å²) in [6.45, 7) is 0. The molecule has 0 radical (unpaired) electrons. The minimum Gasteiger partial charge on any atom is -0.508 e. The molecule has 0 saturated heterocycles. The number of hydrogen-bond donors (Lipinski definition) is 1. The maximum absolute atomic E-state index is 10.6. The number of aromatic hydroxyl groups is 1. The fraction of sp³-hybridized carbons (Fsp3) is 0. The van der Waals surface area contributed by atoms with Crippen LogP contribution in [-0.4, -0.2) is 21.2 Å². The third kappa shape index (κ3) is 1.78. The number of carbonyl (C=O) groups is 1. The topological polar surface area (TPSA) is 55.1 Å². The predicted molar refractivity (Wildman–Crippen MR) is 58.3 cm³/mol. The second kappa shape index (κ2) is 3.86. The fourth-order valence-corrected chi connectivity index (χ4v) is 1.69. The van der Waals surface area contributed by atoms with Crippen molar-refractivity contribution in [2.75, 3.05) is 0 Å². The van der Waals surface area contributed by atoms with E-state index in [-0.39, 0.29) is 5.75 Å². The molecule has 5 heteroatoms. The summed E-state index contributed by atoms with van der Waals surface area (Å²) in [5, 5.41) is 13.2. The molecule has 0 spiro atoms. The summed E-state index contributed by atoms with van der Waals surface area (Å²) in [5.74, 6) is 0.192. The van der Waals surface area contributed by atoms with Crippen LogP contribution in [-0.2, 0) is 0 Å². The molecule has 2 rings (SSSR count). The van der Waals surface area contributed by atoms with Gasteiger partial charge >= 0.3 is 0 Å². The predicted octanol–water partition coefficient (Wildman–Crippen LogP) is 2.15. The van der Waals surface area contributed by atoms with Crippen molar-refractivity contribution in [3.8, 4) is 11.4 Å². The van der Waals surface area contributed by atoms with Crippen molar-refractivity contribution in [3.05, 3.63) is 40.6 Å². The number of benzene rings is 1. The Morgan fingerprint density at radius 2 is 2.00 bits per heavy atom. The molecule has 0 saturated carbocycles. The zero-order chi connectivity index (χ0) is 10.8. The lowest BCUT2D eigenvalue weighted by molar-refractivity contribution is 0.112. The SMILES string of the molecule is O=Cc1cnn(-c2ccc(O)cc2)c1Br. The summed E-state index contributed by atoms with van der Waals surface area (Å²) >= 11 is 3.27. The molecule has 0 atom stereocenters. The molecular formula is C10H7BrN2O2. The third-order valence-electron chi connectivity index (χ3n) is 1.96. The first-order valence-electron chi connectivity index (χ1n) is 4.20. The molecule has 0 amide bonds. The molecule has 1 aromatic carbocycles. The zero-order valence-corrected chi connectivity index (χ0v) is 9.18. The largest absolute Gasteiger partial charge is 0.508 e. The number of nitrogens with zero attached hydrogens (tertiary/aromatic N) is 2. The van der Waals surface area contributed by atoms with E-state index in [1.807, 2.05) is 0 Å². The van der Waals surface area contributed by atoms with Gasteiger partial charge in [-0.15, -0.1) is 0 Å². The van der Waals surface area contributed by atoms with Gasteiger partial charge < -0.3 is 5.11 Å². The van der Waals surface area contributed by atoms with Gasteiger partial charge in [0.1, 0.15) is 10.4 Å². The van der Waals surface area contributed by atoms with Gasteiger partial charge in [-0.3, -0.25) is 4.79 Å². The summed E-state index contributed by atoms with van der Waals surface area (Å²) in [5.41, 5.74) is 1.26. The first-order valence-corrected chi connectivity index (χ1v) is 5.00. The van der Waals surface area contributed by atoms with Crippen LogP contribution in [0.1, 0.15) is 10.4 Å². The maximum Gasteiger partial charge on any atom is 0.154 e. The van der Waals surface area contributed by atoms with Crippen LogP contribution in [0.2, 0.25) is 0 Å². The van der Waals surface area contributed by atoms with Gasteiger partial charge in [0.25, 0.3) is 0 Å². The van der Waals surface area contributed by atoms with Crippen LogP contribution in [0.25, 0.3) is 5.69 Å². The first-order chi connectivity index (χ1) is 7.22. The van der Waals surface area contributed by atoms with Crippen LogP contribution in [0, 0.1) is 0 Å². The lowest BCUT2D eigenvalue weighted by Crippen LogP contribution is -1.95. The smallest absolute Gasteiger partial charge is 0.154 e. The van der Waals surface area contributed by atoms with Gasteiger partial charge in [0.05, 0.1) is 17.4 Å². The average Bonchev–Trinajstić information content (AvgIpc) is 2.61. The molecular weight excluding hydrogens is 260 g/mol. The monoisotopic (exact) mass is 266 g/mol. The van der Waals surface area contributed by atoms with E-state index in [2.05, 4.69) is 21.0 Å². The van der Waals surface area contributed by atoms with Crippen LogP contribution in [0.15, 0.2) is 35.1 Å². The highest BCUT2D eigenvalue weighted by molar-refractivity contribution is 9.10. The number of hydrogen-bond acceptors (Lipinski definition) is 3. The minimum absolute atomic E-state index is 0.192. The first kappa shape index (κ1) is 9.92. The second-order valence-corrected chi connectivity index (χ2v) is 3.69. The van der Waals surface area contributed by atoms with E-state index in [0.717, 1.165) is 12.0 Å². The molecule has 15 heavy (non-hydrogen) atoms. The Kier molecular flexibility index (Phi) is 2.55. The van der Waals surface area contributed by atoms with Crippen molar-refractivity contribution in [1.29, 1.82) is 0 Å². The molecule has 76 valence electrons. The Morgan fingerprint density at radius 3 is 2.53 bits per heavy atom. The van der Waals surface area contributed by atoms with Gasteiger partial charge in [0.15, 0.2) is 6.29 Å². The number of carbonyl (C=O) groups excluding carboxylic acids is 1. The molecule has 0 bridgehead atoms. The van der Waals surface area contributed by atoms with Crippen LogP contribution in [0.5, 0.6) is 5.75 Å². The molecule has 1 aromatic heterocycles. The van der Waals surface area contributed by atoms with Crippen molar-refractivity contribution in [3.63, 3.8) is 0 Å². The molecule has 4 nitrogen and oxygen atoms in total. The fourth-order valence-electron chi connectivity index (χ4n) is 1.20. The van der Waals surface area contributed by atoms with Crippen molar-refractivity contribution in [2.24, 2.45) is 0 Å². The van der Waals surface area contributed by atoms with Crippen molar-refractivity contribution < 1.29 is 9.90 Å². The van der Waals surface area contributed by atoms with E-state index >= 15 is 0 Å². The zero-order valence-electron chi connectivity index (χ0n) is 7.59. The summed E-state index contributed by atoms with van der Waals surface area (Å²) in [7, 11) is 0. The van der Waals surface area contributed by atoms with E-state index in [1.165, 1.54) is 6.20 Å². The Hall–Kier alpha value is -1.62. The van der Waals surface area contributed by atoms with Gasteiger partial charge in [0.2, 0.25) is 0 Å². The highest BCUT2D eigenvalue weighted by Gasteiger charge is 2.08. The molecule has 1 heterocycles. The summed E-state index contributed by atoms with van der Waals surface area (Å²) in [6, 6.07) is 6.54. The highest BCUT2D eigenvalue weighted by atomic mass is 79.9. The minimum atomic E-state index is 0.192. The normalized spacial score (nSPS) is 10.2. The van der Waals surface area contributed by atoms with Gasteiger partial charge in [-0.1, -0.05) is 0 Å². The Morgan fingerprint density at radius 1 is 1.33 bits per heavy atom. The lowest BCUT2D eigenvalue weighted by atomic mass is 10.3. The number of phenolic OH excluding ortho intramolecular Hbond substituents is 1. The maximum atomic E-state index is 10.6. The second-order valence-electron chi connectivity index (χ2n) is 2.94. The molecule has 0 aliphatic rings. The van der Waals surface area contributed by atoms with Gasteiger partial charge in [0, 0.05) is 0 Å². The van der Waals surface area contributed by atoms with Crippen LogP contribution >= 0.6 is 15.9 Å². The molecule has 1 N–H and O–H groups in total. The standard InChI is InChI=1S/C10H7BrN2O2/c11-10-7(6-14)5-12-13(10)8-1-3-9(15)4-2-8/h1-6,15H. The highest BCUT2D eigenvalue weighted by Crippen LogP contribution is 2.20. The number of phenols is 1. The van der Waals surface area contributed by atoms with E-state index < -0.39 is 0 Å². The molecule has 0 unspecified atom stereocenters. The van der Waals surface area contributed by atoms with E-state index in [9.17, 15) is 4.79 Å². The van der Waals surface area contributed by atoms with Crippen LogP contribution < -0.4 is 0 Å². The molecule has 0 aliphatic heterocycles. The average molecular weight is 267 g/mol. The number of halogens is 1. The molecule has 0 aliphatic carbocycles. The molecule has 2 aromatic rings. The van der Waals surface area contributed by atoms with E-state index in [1.54, 1.807) is 28.9 Å². The number of rotatable bonds is 2. The Labute approximate surface area is 94.3 Å². The summed E-state index contributed by atoms with van der Waals surface area (Å²) < 4.78 is 2.17. The van der Waals surface area contributed by atoms with Crippen molar-refractivity contribution in [2.45, 2.75) is 0 Å². The Balaban J connectivity index is 2.49. The van der Waals surface area contributed by atoms with E-state index in [0.29, 0.717) is 10.2 Å². The number of aldehydes is 1.